The fourth-order valence-corrected chi connectivity index (χ4v) is 3.24. The van der Waals surface area contributed by atoms with E-state index in [1.54, 1.807) is 23.4 Å². The van der Waals surface area contributed by atoms with Crippen LogP contribution in [0.25, 0.3) is 0 Å². The zero-order valence-corrected chi connectivity index (χ0v) is 14.5. The molecule has 1 N–H and O–H groups in total. The Morgan fingerprint density at radius 3 is 2.67 bits per heavy atom. The summed E-state index contributed by atoms with van der Waals surface area (Å²) >= 11 is 1.45. The lowest BCUT2D eigenvalue weighted by Gasteiger charge is -2.34. The number of hydrogen-bond donors (Lipinski definition) is 1. The molecule has 1 aliphatic heterocycles. The van der Waals surface area contributed by atoms with Gasteiger partial charge in [0.25, 0.3) is 0 Å². The Labute approximate surface area is 144 Å². The minimum atomic E-state index is -0.123. The number of piperazine rings is 1. The summed E-state index contributed by atoms with van der Waals surface area (Å²) < 4.78 is 0. The number of urea groups is 1. The van der Waals surface area contributed by atoms with E-state index in [-0.39, 0.29) is 6.03 Å². The smallest absolute Gasteiger partial charge is 0.323 e. The topological polar surface area (TPSA) is 87.1 Å². The normalized spacial score (nSPS) is 14.7. The largest absolute Gasteiger partial charge is 0.337 e. The van der Waals surface area contributed by atoms with Crippen LogP contribution in [0.15, 0.2) is 18.5 Å². The number of anilines is 2. The van der Waals surface area contributed by atoms with Crippen molar-refractivity contribution >= 4 is 28.4 Å². The van der Waals surface area contributed by atoms with Gasteiger partial charge >= 0.3 is 6.03 Å². The highest BCUT2D eigenvalue weighted by Crippen LogP contribution is 2.18. The average Bonchev–Trinajstić information content (AvgIpc) is 3.08. The molecular formula is C15H21N7OS. The van der Waals surface area contributed by atoms with Gasteiger partial charge in [0.1, 0.15) is 5.01 Å². The van der Waals surface area contributed by atoms with Gasteiger partial charge in [-0.3, -0.25) is 5.32 Å². The monoisotopic (exact) mass is 347 g/mol. The summed E-state index contributed by atoms with van der Waals surface area (Å²) in [5, 5.41) is 12.5. The molecule has 0 saturated carbocycles. The number of hydrogen-bond acceptors (Lipinski definition) is 7. The lowest BCUT2D eigenvalue weighted by molar-refractivity contribution is 0.208. The van der Waals surface area contributed by atoms with E-state index in [0.29, 0.717) is 24.2 Å². The van der Waals surface area contributed by atoms with Gasteiger partial charge in [0.2, 0.25) is 11.1 Å². The van der Waals surface area contributed by atoms with Crippen LogP contribution in [-0.4, -0.2) is 57.3 Å². The van der Waals surface area contributed by atoms with Crippen LogP contribution in [-0.2, 0) is 6.42 Å². The van der Waals surface area contributed by atoms with Gasteiger partial charge in [0, 0.05) is 45.0 Å². The molecule has 0 spiro atoms. The van der Waals surface area contributed by atoms with Gasteiger partial charge in [-0.05, 0) is 12.5 Å². The standard InChI is InChI=1S/C15H21N7OS/c1-2-3-5-12-19-20-14(24-12)18-15(23)22-10-8-21(9-11-22)13-16-6-4-7-17-13/h4,6-7H,2-3,5,8-11H2,1H3,(H,18,20,23). The molecule has 0 radical (unpaired) electrons. The molecule has 1 aliphatic rings. The zero-order valence-electron chi connectivity index (χ0n) is 13.7. The van der Waals surface area contributed by atoms with Crippen molar-refractivity contribution in [3.05, 3.63) is 23.5 Å². The second kappa shape index (κ2) is 8.00. The molecule has 8 nitrogen and oxygen atoms in total. The molecule has 0 bridgehead atoms. The Hall–Kier alpha value is -2.29. The van der Waals surface area contributed by atoms with Crippen LogP contribution in [0.1, 0.15) is 24.8 Å². The number of nitrogens with one attached hydrogen (secondary N) is 1. The molecule has 2 aromatic heterocycles. The molecule has 9 heteroatoms. The summed E-state index contributed by atoms with van der Waals surface area (Å²) in [4.78, 5) is 24.7. The van der Waals surface area contributed by atoms with Gasteiger partial charge in [0.15, 0.2) is 0 Å². The van der Waals surface area contributed by atoms with Gasteiger partial charge in [0.05, 0.1) is 0 Å². The van der Waals surface area contributed by atoms with Crippen molar-refractivity contribution in [3.8, 4) is 0 Å². The minimum absolute atomic E-state index is 0.123. The Morgan fingerprint density at radius 1 is 1.21 bits per heavy atom. The van der Waals surface area contributed by atoms with Crippen LogP contribution in [0.2, 0.25) is 0 Å². The fraction of sp³-hybridized carbons (Fsp3) is 0.533. The van der Waals surface area contributed by atoms with Crippen molar-refractivity contribution in [2.24, 2.45) is 0 Å². The SMILES string of the molecule is CCCCc1nnc(NC(=O)N2CCN(c3ncccn3)CC2)s1. The second-order valence-electron chi connectivity index (χ2n) is 5.56. The average molecular weight is 347 g/mol. The third kappa shape index (κ3) is 4.16. The Balaban J connectivity index is 1.49. The second-order valence-corrected chi connectivity index (χ2v) is 6.62. The molecule has 3 rings (SSSR count). The lowest BCUT2D eigenvalue weighted by atomic mass is 10.3. The lowest BCUT2D eigenvalue weighted by Crippen LogP contribution is -2.50. The highest BCUT2D eigenvalue weighted by atomic mass is 32.1. The van der Waals surface area contributed by atoms with Crippen molar-refractivity contribution in [1.29, 1.82) is 0 Å². The summed E-state index contributed by atoms with van der Waals surface area (Å²) in [5.74, 6) is 0.710. The predicted octanol–water partition coefficient (Wildman–Crippen LogP) is 2.02. The van der Waals surface area contributed by atoms with Crippen molar-refractivity contribution in [3.63, 3.8) is 0 Å². The van der Waals surface area contributed by atoms with E-state index >= 15 is 0 Å². The van der Waals surface area contributed by atoms with Gasteiger partial charge in [-0.25, -0.2) is 14.8 Å². The maximum absolute atomic E-state index is 12.3. The molecular weight excluding hydrogens is 326 g/mol. The number of carbonyl (C=O) groups excluding carboxylic acids is 1. The highest BCUT2D eigenvalue weighted by molar-refractivity contribution is 7.15. The Kier molecular flexibility index (Phi) is 5.52. The maximum Gasteiger partial charge on any atom is 0.323 e. The maximum atomic E-state index is 12.3. The van der Waals surface area contributed by atoms with Crippen LogP contribution < -0.4 is 10.2 Å². The van der Waals surface area contributed by atoms with Gasteiger partial charge in [-0.1, -0.05) is 24.7 Å². The van der Waals surface area contributed by atoms with Crippen molar-refractivity contribution in [1.82, 2.24) is 25.1 Å². The number of amides is 2. The third-order valence-corrected chi connectivity index (χ3v) is 4.73. The molecule has 2 amide bonds. The molecule has 0 unspecified atom stereocenters. The van der Waals surface area contributed by atoms with E-state index in [1.807, 2.05) is 0 Å². The quantitative estimate of drug-likeness (QED) is 0.890. The zero-order chi connectivity index (χ0) is 16.8. The Morgan fingerprint density at radius 2 is 1.96 bits per heavy atom. The number of unbranched alkanes of at least 4 members (excludes halogenated alkanes) is 1. The van der Waals surface area contributed by atoms with E-state index in [0.717, 1.165) is 37.4 Å². The Bertz CT molecular complexity index is 655. The molecule has 0 aromatic carbocycles. The molecule has 1 fully saturated rings. The number of rotatable bonds is 5. The van der Waals surface area contributed by atoms with Crippen LogP contribution in [0.3, 0.4) is 0 Å². The summed E-state index contributed by atoms with van der Waals surface area (Å²) in [6, 6.07) is 1.67. The number of carbonyl (C=O) groups is 1. The minimum Gasteiger partial charge on any atom is -0.337 e. The number of nitrogens with zero attached hydrogens (tertiary/aromatic N) is 6. The van der Waals surface area contributed by atoms with Gasteiger partial charge in [-0.2, -0.15) is 0 Å². The molecule has 1 saturated heterocycles. The van der Waals surface area contributed by atoms with E-state index in [2.05, 4.69) is 37.3 Å². The third-order valence-electron chi connectivity index (χ3n) is 3.83. The molecule has 24 heavy (non-hydrogen) atoms. The summed E-state index contributed by atoms with van der Waals surface area (Å²) in [7, 11) is 0. The van der Waals surface area contributed by atoms with E-state index in [1.165, 1.54) is 11.3 Å². The first kappa shape index (κ1) is 16.6. The number of aromatic nitrogens is 4. The molecule has 128 valence electrons. The van der Waals surface area contributed by atoms with Crippen molar-refractivity contribution < 1.29 is 4.79 Å². The first-order valence-corrected chi connectivity index (χ1v) is 8.98. The van der Waals surface area contributed by atoms with E-state index in [4.69, 9.17) is 0 Å². The summed E-state index contributed by atoms with van der Waals surface area (Å²) in [6.45, 7) is 4.84. The number of aryl methyl sites for hydroxylation is 1. The molecule has 2 aromatic rings. The molecule has 0 atom stereocenters. The van der Waals surface area contributed by atoms with Crippen LogP contribution in [0.4, 0.5) is 15.9 Å². The first-order chi connectivity index (χ1) is 11.8. The van der Waals surface area contributed by atoms with Crippen molar-refractivity contribution in [2.45, 2.75) is 26.2 Å². The first-order valence-electron chi connectivity index (χ1n) is 8.16. The van der Waals surface area contributed by atoms with Gasteiger partial charge in [-0.15, -0.1) is 10.2 Å². The van der Waals surface area contributed by atoms with Crippen LogP contribution >= 0.6 is 11.3 Å². The van der Waals surface area contributed by atoms with E-state index < -0.39 is 0 Å². The van der Waals surface area contributed by atoms with E-state index in [9.17, 15) is 4.79 Å². The predicted molar refractivity (Wildman–Crippen MR) is 93.4 cm³/mol. The highest BCUT2D eigenvalue weighted by Gasteiger charge is 2.23. The van der Waals surface area contributed by atoms with Crippen LogP contribution in [0.5, 0.6) is 0 Å². The summed E-state index contributed by atoms with van der Waals surface area (Å²) in [5.41, 5.74) is 0. The molecule has 3 heterocycles. The summed E-state index contributed by atoms with van der Waals surface area (Å²) in [6.07, 6.45) is 6.59. The van der Waals surface area contributed by atoms with Crippen molar-refractivity contribution in [2.75, 3.05) is 36.4 Å². The van der Waals surface area contributed by atoms with Crippen LogP contribution in [0, 0.1) is 0 Å². The molecule has 0 aliphatic carbocycles. The fourth-order valence-electron chi connectivity index (χ4n) is 2.47. The van der Waals surface area contributed by atoms with Gasteiger partial charge < -0.3 is 9.80 Å².